The number of carbonyl (C=O) groups is 1. The lowest BCUT2D eigenvalue weighted by Crippen LogP contribution is -2.49. The summed E-state index contributed by atoms with van der Waals surface area (Å²) in [4.78, 5) is 36.6. The number of piperazine rings is 1. The Morgan fingerprint density at radius 3 is 2.22 bits per heavy atom. The van der Waals surface area contributed by atoms with Crippen LogP contribution in [-0.4, -0.2) is 56.6 Å². The molecule has 1 amide bonds. The molecule has 0 atom stereocenters. The number of nitro groups is 2. The van der Waals surface area contributed by atoms with Crippen LogP contribution in [0.2, 0.25) is 0 Å². The Balaban J connectivity index is 1.57. The monoisotopic (exact) mass is 438 g/mol. The number of halogens is 1. The molecule has 11 nitrogen and oxygen atoms in total. The maximum absolute atomic E-state index is 12.4. The van der Waals surface area contributed by atoms with E-state index in [0.717, 1.165) is 5.69 Å². The molecule has 1 aromatic carbocycles. The van der Waals surface area contributed by atoms with Crippen LogP contribution in [0.5, 0.6) is 0 Å². The number of amides is 1. The number of hydrogen-bond acceptors (Lipinski definition) is 7. The van der Waals surface area contributed by atoms with Crippen molar-refractivity contribution >= 4 is 39.0 Å². The average Bonchev–Trinajstić information content (AvgIpc) is 3.02. The molecule has 2 heterocycles. The summed E-state index contributed by atoms with van der Waals surface area (Å²) >= 11 is 3.05. The molecule has 0 unspecified atom stereocenters. The Morgan fingerprint density at radius 1 is 1.07 bits per heavy atom. The van der Waals surface area contributed by atoms with Crippen molar-refractivity contribution in [2.24, 2.45) is 0 Å². The van der Waals surface area contributed by atoms with Gasteiger partial charge in [-0.15, -0.1) is 0 Å². The molecule has 0 spiro atoms. The van der Waals surface area contributed by atoms with Crippen molar-refractivity contribution in [2.75, 3.05) is 31.1 Å². The fourth-order valence-electron chi connectivity index (χ4n) is 2.83. The van der Waals surface area contributed by atoms with Gasteiger partial charge in [0.25, 0.3) is 5.69 Å². The van der Waals surface area contributed by atoms with Crippen LogP contribution in [-0.2, 0) is 11.3 Å². The second-order valence-electron chi connectivity index (χ2n) is 5.90. The van der Waals surface area contributed by atoms with E-state index >= 15 is 0 Å². The van der Waals surface area contributed by atoms with Gasteiger partial charge in [0.05, 0.1) is 16.2 Å². The summed E-state index contributed by atoms with van der Waals surface area (Å²) in [6.45, 7) is 2.07. The maximum Gasteiger partial charge on any atom is 0.404 e. The zero-order chi connectivity index (χ0) is 19.6. The van der Waals surface area contributed by atoms with Crippen LogP contribution in [0.3, 0.4) is 0 Å². The second-order valence-corrected chi connectivity index (χ2v) is 6.75. The molecular weight excluding hydrogens is 424 g/mol. The molecule has 142 valence electrons. The van der Waals surface area contributed by atoms with Crippen LogP contribution in [0.1, 0.15) is 0 Å². The summed E-state index contributed by atoms with van der Waals surface area (Å²) in [7, 11) is 0. The number of aromatic nitrogens is 2. The number of non-ortho nitro benzene ring substituents is 1. The maximum atomic E-state index is 12.4. The normalized spacial score (nSPS) is 14.3. The van der Waals surface area contributed by atoms with Gasteiger partial charge in [0.2, 0.25) is 5.91 Å². The predicted octanol–water partition coefficient (Wildman–Crippen LogP) is 1.81. The van der Waals surface area contributed by atoms with Crippen molar-refractivity contribution in [3.8, 4) is 0 Å². The summed E-state index contributed by atoms with van der Waals surface area (Å²) in [5, 5.41) is 25.3. The van der Waals surface area contributed by atoms with E-state index in [9.17, 15) is 25.0 Å². The van der Waals surface area contributed by atoms with Gasteiger partial charge in [0.1, 0.15) is 11.0 Å². The standard InChI is InChI=1S/C15H15BrN6O5/c16-13-9-20(17-15(13)22(26)27)10-14(23)19-7-5-18(6-8-19)11-1-3-12(4-2-11)21(24)25/h1-4,9H,5-8,10H2. The molecule has 0 radical (unpaired) electrons. The molecule has 1 aromatic heterocycles. The number of anilines is 1. The number of carbonyl (C=O) groups excluding carboxylic acids is 1. The third-order valence-electron chi connectivity index (χ3n) is 4.23. The fraction of sp³-hybridized carbons (Fsp3) is 0.333. The first-order valence-electron chi connectivity index (χ1n) is 7.99. The zero-order valence-electron chi connectivity index (χ0n) is 14.0. The first-order valence-corrected chi connectivity index (χ1v) is 8.79. The van der Waals surface area contributed by atoms with Crippen molar-refractivity contribution in [2.45, 2.75) is 6.54 Å². The molecule has 27 heavy (non-hydrogen) atoms. The highest BCUT2D eigenvalue weighted by Crippen LogP contribution is 2.23. The first-order chi connectivity index (χ1) is 12.8. The molecule has 12 heteroatoms. The van der Waals surface area contributed by atoms with Gasteiger partial charge in [0, 0.05) is 44.0 Å². The van der Waals surface area contributed by atoms with Crippen molar-refractivity contribution in [1.29, 1.82) is 0 Å². The topological polar surface area (TPSA) is 128 Å². The highest BCUT2D eigenvalue weighted by atomic mass is 79.9. The predicted molar refractivity (Wildman–Crippen MR) is 98.5 cm³/mol. The third-order valence-corrected chi connectivity index (χ3v) is 4.79. The van der Waals surface area contributed by atoms with Gasteiger partial charge in [-0.2, -0.15) is 4.68 Å². The van der Waals surface area contributed by atoms with E-state index in [1.165, 1.54) is 23.0 Å². The van der Waals surface area contributed by atoms with E-state index in [1.54, 1.807) is 17.0 Å². The molecule has 0 bridgehead atoms. The molecule has 0 saturated carbocycles. The molecule has 2 aromatic rings. The fourth-order valence-corrected chi connectivity index (χ4v) is 3.29. The smallest absolute Gasteiger partial charge is 0.368 e. The van der Waals surface area contributed by atoms with Crippen molar-refractivity contribution < 1.29 is 14.6 Å². The van der Waals surface area contributed by atoms with E-state index in [2.05, 4.69) is 21.0 Å². The SMILES string of the molecule is O=C(Cn1cc(Br)c([N+](=O)[O-])n1)N1CCN(c2ccc([N+](=O)[O-])cc2)CC1. The highest BCUT2D eigenvalue weighted by Gasteiger charge is 2.25. The zero-order valence-corrected chi connectivity index (χ0v) is 15.6. The highest BCUT2D eigenvalue weighted by molar-refractivity contribution is 9.10. The van der Waals surface area contributed by atoms with Crippen LogP contribution in [0.15, 0.2) is 34.9 Å². The van der Waals surface area contributed by atoms with Gasteiger partial charge in [-0.1, -0.05) is 0 Å². The van der Waals surface area contributed by atoms with Crippen molar-refractivity contribution in [1.82, 2.24) is 14.7 Å². The van der Waals surface area contributed by atoms with Gasteiger partial charge < -0.3 is 19.9 Å². The number of nitro benzene ring substituents is 1. The number of hydrogen-bond donors (Lipinski definition) is 0. The molecule has 1 aliphatic rings. The second kappa shape index (κ2) is 7.70. The Morgan fingerprint density at radius 2 is 1.70 bits per heavy atom. The molecule has 0 N–H and O–H groups in total. The van der Waals surface area contributed by atoms with Crippen LogP contribution in [0, 0.1) is 20.2 Å². The van der Waals surface area contributed by atoms with Gasteiger partial charge in [-0.3, -0.25) is 14.9 Å². The van der Waals surface area contributed by atoms with E-state index in [-0.39, 0.29) is 28.4 Å². The van der Waals surface area contributed by atoms with Gasteiger partial charge >= 0.3 is 5.82 Å². The Hall–Kier alpha value is -3.02. The lowest BCUT2D eigenvalue weighted by molar-refractivity contribution is -0.390. The molecule has 3 rings (SSSR count). The summed E-state index contributed by atoms with van der Waals surface area (Å²) < 4.78 is 1.47. The molecule has 1 aliphatic heterocycles. The van der Waals surface area contributed by atoms with Gasteiger partial charge in [-0.05, 0) is 33.0 Å². The van der Waals surface area contributed by atoms with Crippen molar-refractivity contribution in [3.63, 3.8) is 0 Å². The number of rotatable bonds is 5. The molecular formula is C15H15BrN6O5. The van der Waals surface area contributed by atoms with E-state index in [1.807, 2.05) is 4.90 Å². The van der Waals surface area contributed by atoms with Gasteiger partial charge in [0.15, 0.2) is 0 Å². The lowest BCUT2D eigenvalue weighted by atomic mass is 10.2. The van der Waals surface area contributed by atoms with Crippen LogP contribution < -0.4 is 4.90 Å². The first kappa shape index (κ1) is 18.8. The minimum atomic E-state index is -0.617. The molecule has 1 saturated heterocycles. The summed E-state index contributed by atoms with van der Waals surface area (Å²) in [6.07, 6.45) is 1.41. The van der Waals surface area contributed by atoms with Crippen LogP contribution >= 0.6 is 15.9 Å². The Bertz CT molecular complexity index is 875. The van der Waals surface area contributed by atoms with Gasteiger partial charge in [-0.25, -0.2) is 0 Å². The van der Waals surface area contributed by atoms with Crippen molar-refractivity contribution in [3.05, 3.63) is 55.2 Å². The lowest BCUT2D eigenvalue weighted by Gasteiger charge is -2.36. The number of benzene rings is 1. The minimum absolute atomic E-state index is 0.0343. The largest absolute Gasteiger partial charge is 0.404 e. The Kier molecular flexibility index (Phi) is 5.35. The third kappa shape index (κ3) is 4.22. The molecule has 1 fully saturated rings. The summed E-state index contributed by atoms with van der Waals surface area (Å²) in [6, 6.07) is 6.29. The molecule has 0 aliphatic carbocycles. The quantitative estimate of drug-likeness (QED) is 0.514. The average molecular weight is 439 g/mol. The summed E-state index contributed by atoms with van der Waals surface area (Å²) in [5.74, 6) is -0.506. The van der Waals surface area contributed by atoms with E-state index < -0.39 is 9.85 Å². The van der Waals surface area contributed by atoms with E-state index in [0.29, 0.717) is 26.2 Å². The minimum Gasteiger partial charge on any atom is -0.368 e. The summed E-state index contributed by atoms with van der Waals surface area (Å²) in [5.41, 5.74) is 0.895. The van der Waals surface area contributed by atoms with E-state index in [4.69, 9.17) is 0 Å². The van der Waals surface area contributed by atoms with Crippen LogP contribution in [0.4, 0.5) is 17.2 Å². The number of nitrogens with zero attached hydrogens (tertiary/aromatic N) is 6. The van der Waals surface area contributed by atoms with Crippen LogP contribution in [0.25, 0.3) is 0 Å². The Labute approximate surface area is 161 Å².